The number of non-ortho nitro benzene ring substituents is 1. The fraction of sp³-hybridized carbons (Fsp3) is 0.143. The first-order valence-corrected chi connectivity index (χ1v) is 10.3. The van der Waals surface area contributed by atoms with Crippen LogP contribution in [-0.2, 0) is 6.42 Å². The highest BCUT2D eigenvalue weighted by molar-refractivity contribution is 7.15. The van der Waals surface area contributed by atoms with Crippen molar-refractivity contribution >= 4 is 39.0 Å². The molecule has 9 nitrogen and oxygen atoms in total. The van der Waals surface area contributed by atoms with Gasteiger partial charge in [-0.25, -0.2) is 0 Å². The van der Waals surface area contributed by atoms with Gasteiger partial charge in [0.1, 0.15) is 10.6 Å². The normalized spacial score (nSPS) is 15.5. The molecule has 0 saturated carbocycles. The summed E-state index contributed by atoms with van der Waals surface area (Å²) in [6.07, 6.45) is 0.649. The molecule has 3 heterocycles. The summed E-state index contributed by atoms with van der Waals surface area (Å²) in [5.74, 6) is -0.555. The number of hydrogen-bond donors (Lipinski definition) is 0. The Hall–Kier alpha value is -3.92. The van der Waals surface area contributed by atoms with E-state index in [2.05, 4.69) is 10.2 Å². The van der Waals surface area contributed by atoms with E-state index in [4.69, 9.17) is 4.42 Å². The molecule has 0 spiro atoms. The lowest BCUT2D eigenvalue weighted by molar-refractivity contribution is -0.384. The predicted molar refractivity (Wildman–Crippen MR) is 114 cm³/mol. The lowest BCUT2D eigenvalue weighted by atomic mass is 9.98. The summed E-state index contributed by atoms with van der Waals surface area (Å²) in [6.45, 7) is 1.93. The second kappa shape index (κ2) is 7.10. The summed E-state index contributed by atoms with van der Waals surface area (Å²) in [7, 11) is 0. The quantitative estimate of drug-likeness (QED) is 0.353. The van der Waals surface area contributed by atoms with Crippen LogP contribution in [0.4, 0.5) is 10.8 Å². The molecule has 10 heteroatoms. The number of carbonyl (C=O) groups is 1. The van der Waals surface area contributed by atoms with Crippen LogP contribution in [0.1, 0.15) is 39.7 Å². The number of nitrogens with zero attached hydrogens (tertiary/aromatic N) is 4. The Bertz CT molecular complexity index is 1410. The first kappa shape index (κ1) is 19.1. The molecule has 2 aromatic heterocycles. The molecular formula is C21H14N4O5S. The molecule has 2 aromatic carbocycles. The Morgan fingerprint density at radius 3 is 2.55 bits per heavy atom. The Labute approximate surface area is 178 Å². The molecule has 4 aromatic rings. The van der Waals surface area contributed by atoms with Gasteiger partial charge in [0.25, 0.3) is 11.6 Å². The van der Waals surface area contributed by atoms with Crippen LogP contribution in [0.2, 0.25) is 0 Å². The molecule has 0 aliphatic carbocycles. The van der Waals surface area contributed by atoms with Gasteiger partial charge in [0, 0.05) is 12.1 Å². The van der Waals surface area contributed by atoms with Gasteiger partial charge in [-0.15, -0.1) is 10.2 Å². The summed E-state index contributed by atoms with van der Waals surface area (Å²) in [6, 6.07) is 11.6. The van der Waals surface area contributed by atoms with E-state index in [1.807, 2.05) is 6.92 Å². The summed E-state index contributed by atoms with van der Waals surface area (Å²) < 4.78 is 5.85. The smallest absolute Gasteiger partial charge is 0.297 e. The third-order valence-electron chi connectivity index (χ3n) is 5.16. The Morgan fingerprint density at radius 2 is 1.87 bits per heavy atom. The Balaban J connectivity index is 1.77. The van der Waals surface area contributed by atoms with E-state index >= 15 is 0 Å². The predicted octanol–water partition coefficient (Wildman–Crippen LogP) is 3.86. The van der Waals surface area contributed by atoms with Crippen LogP contribution in [0.5, 0.6) is 0 Å². The average Bonchev–Trinajstić information content (AvgIpc) is 3.37. The number of anilines is 1. The Kier molecular flexibility index (Phi) is 4.36. The zero-order chi connectivity index (χ0) is 21.7. The van der Waals surface area contributed by atoms with Crippen molar-refractivity contribution in [3.63, 3.8) is 0 Å². The van der Waals surface area contributed by atoms with Crippen molar-refractivity contribution in [2.45, 2.75) is 19.4 Å². The maximum Gasteiger partial charge on any atom is 0.297 e. The van der Waals surface area contributed by atoms with Crippen LogP contribution >= 0.6 is 11.3 Å². The van der Waals surface area contributed by atoms with Gasteiger partial charge in [-0.3, -0.25) is 24.6 Å². The van der Waals surface area contributed by atoms with Crippen LogP contribution in [0.3, 0.4) is 0 Å². The molecule has 154 valence electrons. The van der Waals surface area contributed by atoms with Crippen molar-refractivity contribution in [2.24, 2.45) is 0 Å². The number of aryl methyl sites for hydroxylation is 1. The molecule has 31 heavy (non-hydrogen) atoms. The highest BCUT2D eigenvalue weighted by Gasteiger charge is 2.45. The van der Waals surface area contributed by atoms with Crippen LogP contribution in [0.15, 0.2) is 57.7 Å². The lowest BCUT2D eigenvalue weighted by Gasteiger charge is -2.21. The maximum absolute atomic E-state index is 13.4. The second-order valence-electron chi connectivity index (χ2n) is 6.93. The highest BCUT2D eigenvalue weighted by Crippen LogP contribution is 2.42. The van der Waals surface area contributed by atoms with Gasteiger partial charge in [0.05, 0.1) is 21.9 Å². The molecule has 0 N–H and O–H groups in total. The highest BCUT2D eigenvalue weighted by atomic mass is 32.1. The molecular weight excluding hydrogens is 420 g/mol. The zero-order valence-corrected chi connectivity index (χ0v) is 17.0. The topological polar surface area (TPSA) is 119 Å². The first-order valence-electron chi connectivity index (χ1n) is 9.45. The third-order valence-corrected chi connectivity index (χ3v) is 6.23. The number of carbonyl (C=O) groups excluding carboxylic acids is 1. The lowest BCUT2D eigenvalue weighted by Crippen LogP contribution is -2.29. The maximum atomic E-state index is 13.4. The fourth-order valence-corrected chi connectivity index (χ4v) is 4.50. The molecule has 1 aliphatic heterocycles. The van der Waals surface area contributed by atoms with Crippen molar-refractivity contribution < 1.29 is 14.1 Å². The summed E-state index contributed by atoms with van der Waals surface area (Å²) in [4.78, 5) is 38.7. The monoisotopic (exact) mass is 434 g/mol. The number of benzene rings is 2. The van der Waals surface area contributed by atoms with Crippen LogP contribution in [-0.4, -0.2) is 21.0 Å². The van der Waals surface area contributed by atoms with E-state index in [9.17, 15) is 19.7 Å². The van der Waals surface area contributed by atoms with Gasteiger partial charge in [-0.2, -0.15) is 0 Å². The minimum Gasteiger partial charge on any atom is -0.450 e. The number of nitro groups is 1. The largest absolute Gasteiger partial charge is 0.450 e. The number of nitro benzene ring substituents is 1. The number of aromatic nitrogens is 2. The van der Waals surface area contributed by atoms with Gasteiger partial charge in [-0.05, 0) is 36.2 Å². The van der Waals surface area contributed by atoms with Crippen molar-refractivity contribution in [1.82, 2.24) is 10.2 Å². The molecule has 0 bridgehead atoms. The van der Waals surface area contributed by atoms with Gasteiger partial charge in [0.2, 0.25) is 10.9 Å². The fourth-order valence-electron chi connectivity index (χ4n) is 3.70. The first-order chi connectivity index (χ1) is 15.0. The molecule has 1 unspecified atom stereocenters. The summed E-state index contributed by atoms with van der Waals surface area (Å²) in [5.41, 5.74) is 0.626. The molecule has 0 saturated heterocycles. The standard InChI is InChI=1S/C21H14N4O5S/c1-2-15-22-23-21(31-15)24-17(11-7-9-12(10-8-11)25(28)29)16-18(26)13-5-3-4-6-14(13)30-19(16)20(24)27/h3-10,17H,2H2,1H3. The molecule has 1 atom stereocenters. The number of para-hydroxylation sites is 1. The van der Waals surface area contributed by atoms with Crippen molar-refractivity contribution in [1.29, 1.82) is 0 Å². The van der Waals surface area contributed by atoms with Crippen LogP contribution in [0, 0.1) is 10.1 Å². The molecule has 1 aliphatic rings. The average molecular weight is 434 g/mol. The van der Waals surface area contributed by atoms with E-state index in [-0.39, 0.29) is 22.4 Å². The number of rotatable bonds is 4. The third kappa shape index (κ3) is 2.91. The van der Waals surface area contributed by atoms with Gasteiger partial charge in [0.15, 0.2) is 5.43 Å². The van der Waals surface area contributed by atoms with E-state index in [0.717, 1.165) is 5.01 Å². The molecule has 0 radical (unpaired) electrons. The van der Waals surface area contributed by atoms with Gasteiger partial charge >= 0.3 is 0 Å². The number of hydrogen-bond acceptors (Lipinski definition) is 8. The summed E-state index contributed by atoms with van der Waals surface area (Å²) >= 11 is 1.25. The van der Waals surface area contributed by atoms with Gasteiger partial charge < -0.3 is 4.42 Å². The van der Waals surface area contributed by atoms with E-state index < -0.39 is 16.9 Å². The summed E-state index contributed by atoms with van der Waals surface area (Å²) in [5, 5.41) is 20.7. The SMILES string of the molecule is CCc1nnc(N2C(=O)c3oc4ccccc4c(=O)c3C2c2ccc([N+](=O)[O-])cc2)s1. The second-order valence-corrected chi connectivity index (χ2v) is 7.97. The minimum atomic E-state index is -0.832. The van der Waals surface area contributed by atoms with Crippen molar-refractivity contribution in [3.05, 3.63) is 90.8 Å². The molecule has 5 rings (SSSR count). The van der Waals surface area contributed by atoms with E-state index in [0.29, 0.717) is 28.1 Å². The van der Waals surface area contributed by atoms with Crippen LogP contribution < -0.4 is 10.3 Å². The number of amides is 1. The molecule has 0 fully saturated rings. The van der Waals surface area contributed by atoms with E-state index in [1.165, 1.54) is 40.5 Å². The van der Waals surface area contributed by atoms with Gasteiger partial charge in [-0.1, -0.05) is 30.4 Å². The van der Waals surface area contributed by atoms with E-state index in [1.54, 1.807) is 24.3 Å². The molecule has 1 amide bonds. The minimum absolute atomic E-state index is 0.0553. The van der Waals surface area contributed by atoms with Crippen molar-refractivity contribution in [2.75, 3.05) is 4.90 Å². The zero-order valence-electron chi connectivity index (χ0n) is 16.1. The Morgan fingerprint density at radius 1 is 1.13 bits per heavy atom. The van der Waals surface area contributed by atoms with Crippen molar-refractivity contribution in [3.8, 4) is 0 Å². The van der Waals surface area contributed by atoms with Crippen LogP contribution in [0.25, 0.3) is 11.0 Å². The number of fused-ring (bicyclic) bond motifs is 2.